The summed E-state index contributed by atoms with van der Waals surface area (Å²) in [7, 11) is 1.62. The molecule has 1 saturated carbocycles. The van der Waals surface area contributed by atoms with Gasteiger partial charge in [0.15, 0.2) is 0 Å². The van der Waals surface area contributed by atoms with E-state index in [-0.39, 0.29) is 35.2 Å². The number of carbonyl (C=O) groups excluding carboxylic acids is 1. The predicted octanol–water partition coefficient (Wildman–Crippen LogP) is 3.26. The minimum atomic E-state index is -0.333. The second-order valence-corrected chi connectivity index (χ2v) is 10.7. The number of hydrogen-bond acceptors (Lipinski definition) is 5. The molecule has 6 rings (SSSR count). The number of aryl methyl sites for hydroxylation is 1. The lowest BCUT2D eigenvalue weighted by Crippen LogP contribution is -2.49. The molecule has 3 heterocycles. The minimum Gasteiger partial charge on any atom is -0.394 e. The van der Waals surface area contributed by atoms with Crippen LogP contribution in [0.1, 0.15) is 48.4 Å². The molecule has 2 aliphatic rings. The van der Waals surface area contributed by atoms with E-state index in [9.17, 15) is 19.5 Å². The Balaban J connectivity index is 1.55. The summed E-state index contributed by atoms with van der Waals surface area (Å²) in [6.07, 6.45) is 4.00. The van der Waals surface area contributed by atoms with Gasteiger partial charge in [0.05, 0.1) is 18.0 Å². The molecule has 8 heteroatoms. The van der Waals surface area contributed by atoms with Crippen molar-refractivity contribution in [3.8, 4) is 28.7 Å². The number of aromatic nitrogens is 2. The van der Waals surface area contributed by atoms with Gasteiger partial charge in [0.25, 0.3) is 17.0 Å². The number of aliphatic hydroxyl groups excluding tert-OH is 1. The van der Waals surface area contributed by atoms with Gasteiger partial charge in [0, 0.05) is 54.5 Å². The second-order valence-electron chi connectivity index (χ2n) is 10.7. The summed E-state index contributed by atoms with van der Waals surface area (Å²) in [6, 6.07) is 15.2. The summed E-state index contributed by atoms with van der Waals surface area (Å²) in [6.45, 7) is 2.20. The van der Waals surface area contributed by atoms with Crippen LogP contribution in [0, 0.1) is 11.8 Å². The van der Waals surface area contributed by atoms with E-state index in [4.69, 9.17) is 5.73 Å². The van der Waals surface area contributed by atoms with Gasteiger partial charge in [-0.1, -0.05) is 30.2 Å². The van der Waals surface area contributed by atoms with E-state index in [1.54, 1.807) is 35.7 Å². The molecule has 0 atom stereocenters. The van der Waals surface area contributed by atoms with Crippen LogP contribution >= 0.6 is 0 Å². The number of aliphatic hydroxyl groups is 1. The fourth-order valence-electron chi connectivity index (χ4n) is 5.70. The average molecular weight is 535 g/mol. The molecule has 0 unspecified atom stereocenters. The molecule has 1 aliphatic heterocycles. The first-order valence-corrected chi connectivity index (χ1v) is 13.4. The molecule has 4 aromatic rings. The van der Waals surface area contributed by atoms with Crippen LogP contribution in [0.25, 0.3) is 27.6 Å². The highest BCUT2D eigenvalue weighted by molar-refractivity contribution is 5.94. The van der Waals surface area contributed by atoms with Crippen LogP contribution in [0.3, 0.4) is 0 Å². The Hall–Kier alpha value is -4.61. The van der Waals surface area contributed by atoms with Gasteiger partial charge in [-0.2, -0.15) is 0 Å². The molecule has 3 N–H and O–H groups in total. The van der Waals surface area contributed by atoms with Crippen molar-refractivity contribution < 1.29 is 9.90 Å². The fourth-order valence-corrected chi connectivity index (χ4v) is 5.70. The highest BCUT2D eigenvalue weighted by atomic mass is 16.3. The van der Waals surface area contributed by atoms with Gasteiger partial charge in [0.1, 0.15) is 0 Å². The molecule has 2 aromatic heterocycles. The van der Waals surface area contributed by atoms with E-state index in [1.807, 2.05) is 30.3 Å². The number of carbonyl (C=O) groups is 1. The van der Waals surface area contributed by atoms with Crippen LogP contribution in [0.15, 0.2) is 64.3 Å². The highest BCUT2D eigenvalue weighted by Crippen LogP contribution is 2.41. The van der Waals surface area contributed by atoms with Crippen LogP contribution in [0.2, 0.25) is 0 Å². The number of rotatable bonds is 5. The molecule has 2 fully saturated rings. The zero-order valence-corrected chi connectivity index (χ0v) is 22.5. The fraction of sp³-hybridized carbons (Fsp3) is 0.281. The van der Waals surface area contributed by atoms with Crippen molar-refractivity contribution in [1.29, 1.82) is 0 Å². The molecular formula is C32H30N4O4. The maximum Gasteiger partial charge on any atom is 0.298 e. The Kier molecular flexibility index (Phi) is 6.32. The Labute approximate surface area is 231 Å². The first-order chi connectivity index (χ1) is 19.3. The molecule has 40 heavy (non-hydrogen) atoms. The number of hydrogen-bond donors (Lipinski definition) is 2. The van der Waals surface area contributed by atoms with Crippen LogP contribution in [0.4, 0.5) is 5.69 Å². The van der Waals surface area contributed by atoms with Crippen molar-refractivity contribution in [2.24, 2.45) is 7.05 Å². The lowest BCUT2D eigenvalue weighted by atomic mass is 9.92. The Morgan fingerprint density at radius 3 is 2.50 bits per heavy atom. The van der Waals surface area contributed by atoms with Gasteiger partial charge in [-0.3, -0.25) is 19.0 Å². The van der Waals surface area contributed by atoms with Crippen molar-refractivity contribution in [3.63, 3.8) is 0 Å². The smallest absolute Gasteiger partial charge is 0.298 e. The van der Waals surface area contributed by atoms with Crippen LogP contribution in [-0.2, 0) is 18.4 Å². The topological polar surface area (TPSA) is 111 Å². The van der Waals surface area contributed by atoms with Crippen molar-refractivity contribution in [3.05, 3.63) is 92.3 Å². The summed E-state index contributed by atoms with van der Waals surface area (Å²) >= 11 is 0. The van der Waals surface area contributed by atoms with Crippen LogP contribution in [0.5, 0.6) is 0 Å². The van der Waals surface area contributed by atoms with Crippen LogP contribution < -0.4 is 16.9 Å². The maximum absolute atomic E-state index is 14.2. The van der Waals surface area contributed by atoms with Gasteiger partial charge in [0.2, 0.25) is 0 Å². The monoisotopic (exact) mass is 534 g/mol. The van der Waals surface area contributed by atoms with Gasteiger partial charge >= 0.3 is 0 Å². The largest absolute Gasteiger partial charge is 0.394 e. The van der Waals surface area contributed by atoms with Crippen LogP contribution in [-0.4, -0.2) is 38.1 Å². The normalized spacial score (nSPS) is 15.0. The van der Waals surface area contributed by atoms with Gasteiger partial charge in [-0.05, 0) is 72.4 Å². The first kappa shape index (κ1) is 25.7. The third-order valence-electron chi connectivity index (χ3n) is 8.01. The molecule has 0 radical (unpaired) electrons. The summed E-state index contributed by atoms with van der Waals surface area (Å²) < 4.78 is 3.08. The Morgan fingerprint density at radius 1 is 1.05 bits per heavy atom. The predicted molar refractivity (Wildman–Crippen MR) is 155 cm³/mol. The molecule has 2 aromatic carbocycles. The first-order valence-electron chi connectivity index (χ1n) is 13.4. The minimum absolute atomic E-state index is 0.0762. The van der Waals surface area contributed by atoms with E-state index in [0.717, 1.165) is 23.9 Å². The van der Waals surface area contributed by atoms with E-state index in [0.29, 0.717) is 46.8 Å². The van der Waals surface area contributed by atoms with Gasteiger partial charge in [-0.25, -0.2) is 0 Å². The summed E-state index contributed by atoms with van der Waals surface area (Å²) in [5.74, 6) is 5.49. The molecule has 202 valence electrons. The number of nitrogen functional groups attached to an aromatic ring is 1. The average Bonchev–Trinajstić information content (AvgIpc) is 3.76. The quantitative estimate of drug-likeness (QED) is 0.382. The van der Waals surface area contributed by atoms with Crippen molar-refractivity contribution in [2.75, 3.05) is 18.8 Å². The summed E-state index contributed by atoms with van der Waals surface area (Å²) in [4.78, 5) is 40.4. The Bertz CT molecular complexity index is 1840. The highest BCUT2D eigenvalue weighted by Gasteiger charge is 2.34. The Morgan fingerprint density at radius 2 is 1.82 bits per heavy atom. The number of fused-ring (bicyclic) bond motifs is 1. The zero-order valence-electron chi connectivity index (χ0n) is 22.5. The summed E-state index contributed by atoms with van der Waals surface area (Å²) in [5, 5.41) is 12.1. The SMILES string of the molecule is CC#CC(=O)N1CC(c2cc3cc(C4CC4)ccc3c(=O)n2-c2cccc(-c3cc(N)c(=O)n(C)c3)c2CO)C1. The van der Waals surface area contributed by atoms with Gasteiger partial charge in [-0.15, -0.1) is 0 Å². The lowest BCUT2D eigenvalue weighted by Gasteiger charge is -2.39. The van der Waals surface area contributed by atoms with Crippen molar-refractivity contribution in [2.45, 2.75) is 38.2 Å². The number of anilines is 1. The number of pyridine rings is 2. The standard InChI is InChI=1S/C32H30N4O4/c1-3-5-30(38)35-16-23(17-35)29-14-21-12-20(19-8-9-19)10-11-25(21)31(39)36(29)28-7-4-6-24(26(28)18-37)22-13-27(33)32(40)34(2)15-22/h4,6-7,10-15,19,23,37H,8-9,16-18,33H2,1-2H3. The molecule has 1 amide bonds. The second kappa shape index (κ2) is 9.85. The number of benzene rings is 2. The van der Waals surface area contributed by atoms with E-state index in [1.165, 1.54) is 10.1 Å². The van der Waals surface area contributed by atoms with Crippen molar-refractivity contribution in [1.82, 2.24) is 14.0 Å². The number of amides is 1. The lowest BCUT2D eigenvalue weighted by molar-refractivity contribution is -0.129. The maximum atomic E-state index is 14.2. The number of nitrogens with zero attached hydrogens (tertiary/aromatic N) is 3. The molecule has 8 nitrogen and oxygen atoms in total. The van der Waals surface area contributed by atoms with Gasteiger partial charge < -0.3 is 20.3 Å². The third kappa shape index (κ3) is 4.29. The van der Waals surface area contributed by atoms with Crippen molar-refractivity contribution >= 4 is 22.4 Å². The number of likely N-dealkylation sites (tertiary alicyclic amines) is 1. The summed E-state index contributed by atoms with van der Waals surface area (Å²) in [5.41, 5.74) is 10.0. The van der Waals surface area contributed by atoms with E-state index >= 15 is 0 Å². The van der Waals surface area contributed by atoms with E-state index in [2.05, 4.69) is 24.0 Å². The zero-order chi connectivity index (χ0) is 28.1. The molecular weight excluding hydrogens is 504 g/mol. The van der Waals surface area contributed by atoms with E-state index < -0.39 is 0 Å². The number of nitrogens with two attached hydrogens (primary N) is 1. The molecule has 0 spiro atoms. The molecule has 1 aliphatic carbocycles. The molecule has 0 bridgehead atoms. The third-order valence-corrected chi connectivity index (χ3v) is 8.01. The molecule has 1 saturated heterocycles.